The fourth-order valence-corrected chi connectivity index (χ4v) is 5.89. The van der Waals surface area contributed by atoms with Gasteiger partial charge in [0.25, 0.3) is 12.3 Å². The quantitative estimate of drug-likeness (QED) is 0.312. The molecule has 0 aromatic carbocycles. The molecule has 1 saturated carbocycles. The van der Waals surface area contributed by atoms with Gasteiger partial charge in [0.1, 0.15) is 17.7 Å². The predicted octanol–water partition coefficient (Wildman–Crippen LogP) is 5.21. The topological polar surface area (TPSA) is 110 Å². The highest BCUT2D eigenvalue weighted by Crippen LogP contribution is 2.46. The SMILES string of the molecule is Cn1ccc(Oc2cc3c(cn2)NC(c2ncccc2F)N3C2CCCC(NC(=O)c3ncc(C(F)F)s3)C2)n1. The van der Waals surface area contributed by atoms with Crippen molar-refractivity contribution in [2.24, 2.45) is 7.05 Å². The number of anilines is 2. The van der Waals surface area contributed by atoms with Gasteiger partial charge in [0.15, 0.2) is 5.01 Å². The molecule has 14 heteroatoms. The summed E-state index contributed by atoms with van der Waals surface area (Å²) in [5.74, 6) is -0.219. The van der Waals surface area contributed by atoms with Crippen molar-refractivity contribution < 1.29 is 22.7 Å². The summed E-state index contributed by atoms with van der Waals surface area (Å²) in [7, 11) is 1.78. The molecule has 3 atom stereocenters. The van der Waals surface area contributed by atoms with Crippen molar-refractivity contribution in [2.75, 3.05) is 10.2 Å². The summed E-state index contributed by atoms with van der Waals surface area (Å²) in [5, 5.41) is 10.5. The van der Waals surface area contributed by atoms with E-state index in [9.17, 15) is 18.0 Å². The van der Waals surface area contributed by atoms with Gasteiger partial charge in [-0.15, -0.1) is 16.4 Å². The lowest BCUT2D eigenvalue weighted by molar-refractivity contribution is 0.0924. The normalized spacial score (nSPS) is 20.3. The van der Waals surface area contributed by atoms with E-state index in [0.29, 0.717) is 35.2 Å². The lowest BCUT2D eigenvalue weighted by Crippen LogP contribution is -2.47. The van der Waals surface area contributed by atoms with Crippen LogP contribution in [0.5, 0.6) is 11.8 Å². The van der Waals surface area contributed by atoms with E-state index in [1.165, 1.54) is 12.1 Å². The second kappa shape index (κ2) is 10.8. The number of nitrogens with one attached hydrogen (secondary N) is 2. The highest BCUT2D eigenvalue weighted by Gasteiger charge is 2.40. The van der Waals surface area contributed by atoms with E-state index >= 15 is 0 Å². The van der Waals surface area contributed by atoms with E-state index in [0.717, 1.165) is 31.1 Å². The molecule has 0 radical (unpaired) electrons. The number of thiazole rings is 1. The van der Waals surface area contributed by atoms with Crippen molar-refractivity contribution in [3.8, 4) is 11.8 Å². The van der Waals surface area contributed by atoms with E-state index in [4.69, 9.17) is 4.74 Å². The number of nitrogens with zero attached hydrogens (tertiary/aromatic N) is 6. The van der Waals surface area contributed by atoms with Gasteiger partial charge in [0, 0.05) is 49.9 Å². The van der Waals surface area contributed by atoms with Crippen LogP contribution in [-0.2, 0) is 7.05 Å². The molecule has 1 amide bonds. The number of aryl methyl sites for hydroxylation is 1. The molecule has 0 spiro atoms. The van der Waals surface area contributed by atoms with Gasteiger partial charge in [-0.3, -0.25) is 14.5 Å². The van der Waals surface area contributed by atoms with Crippen LogP contribution in [0.4, 0.5) is 24.5 Å². The highest BCUT2D eigenvalue weighted by atomic mass is 32.1. The summed E-state index contributed by atoms with van der Waals surface area (Å²) in [6.07, 6.45) is 5.51. The average Bonchev–Trinajstić information content (AvgIpc) is 3.68. The third kappa shape index (κ3) is 5.18. The Kier molecular flexibility index (Phi) is 7.00. The largest absolute Gasteiger partial charge is 0.419 e. The van der Waals surface area contributed by atoms with E-state index in [1.54, 1.807) is 42.5 Å². The second-order valence-corrected chi connectivity index (χ2v) is 10.7. The van der Waals surface area contributed by atoms with Gasteiger partial charge in [-0.25, -0.2) is 23.1 Å². The minimum Gasteiger partial charge on any atom is -0.419 e. The third-order valence-electron chi connectivity index (χ3n) is 6.96. The number of aromatic nitrogens is 5. The van der Waals surface area contributed by atoms with Gasteiger partial charge in [-0.05, 0) is 37.8 Å². The van der Waals surface area contributed by atoms with Crippen LogP contribution in [0.2, 0.25) is 0 Å². The van der Waals surface area contributed by atoms with Crippen LogP contribution in [0.3, 0.4) is 0 Å². The third-order valence-corrected chi connectivity index (χ3v) is 7.96. The smallest absolute Gasteiger partial charge is 0.280 e. The summed E-state index contributed by atoms with van der Waals surface area (Å²) in [5.41, 5.74) is 1.69. The van der Waals surface area contributed by atoms with Crippen molar-refractivity contribution in [3.05, 3.63) is 70.4 Å². The number of hydrogen-bond acceptors (Lipinski definition) is 9. The molecule has 1 fully saturated rings. The van der Waals surface area contributed by atoms with Crippen molar-refractivity contribution in [1.29, 1.82) is 0 Å². The first kappa shape index (κ1) is 26.0. The van der Waals surface area contributed by atoms with Gasteiger partial charge < -0.3 is 20.3 Å². The molecule has 1 aliphatic carbocycles. The molecule has 10 nitrogen and oxygen atoms in total. The van der Waals surface area contributed by atoms with Crippen LogP contribution in [0.1, 0.15) is 58.6 Å². The number of amides is 1. The molecule has 4 aromatic rings. The molecule has 6 rings (SSSR count). The minimum atomic E-state index is -2.68. The summed E-state index contributed by atoms with van der Waals surface area (Å²) >= 11 is 0.687. The number of halogens is 3. The monoisotopic (exact) mass is 570 g/mol. The van der Waals surface area contributed by atoms with Gasteiger partial charge in [-0.2, -0.15) is 0 Å². The molecule has 3 unspecified atom stereocenters. The van der Waals surface area contributed by atoms with Crippen LogP contribution < -0.4 is 20.3 Å². The Morgan fingerprint density at radius 2 is 2.08 bits per heavy atom. The molecule has 4 aromatic heterocycles. The van der Waals surface area contributed by atoms with E-state index in [2.05, 4.69) is 35.6 Å². The maximum absolute atomic E-state index is 15.0. The van der Waals surface area contributed by atoms with Crippen LogP contribution in [0.25, 0.3) is 0 Å². The Labute approximate surface area is 231 Å². The van der Waals surface area contributed by atoms with Crippen molar-refractivity contribution >= 4 is 28.6 Å². The number of alkyl halides is 2. The van der Waals surface area contributed by atoms with Gasteiger partial charge in [0.05, 0.1) is 22.4 Å². The van der Waals surface area contributed by atoms with Gasteiger partial charge in [0.2, 0.25) is 11.8 Å². The number of hydrogen-bond donors (Lipinski definition) is 2. The Morgan fingerprint density at radius 1 is 1.20 bits per heavy atom. The molecular formula is C26H25F3N8O2S. The molecule has 1 aliphatic heterocycles. The van der Waals surface area contributed by atoms with Crippen molar-refractivity contribution in [2.45, 2.75) is 50.4 Å². The van der Waals surface area contributed by atoms with Crippen LogP contribution in [0.15, 0.2) is 49.1 Å². The molecule has 5 heterocycles. The first-order valence-corrected chi connectivity index (χ1v) is 13.5. The van der Waals surface area contributed by atoms with Crippen molar-refractivity contribution in [3.63, 3.8) is 0 Å². The van der Waals surface area contributed by atoms with Crippen LogP contribution in [0, 0.1) is 5.82 Å². The number of pyridine rings is 2. The summed E-state index contributed by atoms with van der Waals surface area (Å²) in [4.78, 5) is 27.2. The predicted molar refractivity (Wildman–Crippen MR) is 141 cm³/mol. The zero-order chi connectivity index (χ0) is 27.8. The van der Waals surface area contributed by atoms with E-state index in [-0.39, 0.29) is 27.7 Å². The first-order chi connectivity index (χ1) is 19.4. The number of fused-ring (bicyclic) bond motifs is 1. The zero-order valence-electron chi connectivity index (χ0n) is 21.3. The maximum Gasteiger partial charge on any atom is 0.280 e. The van der Waals surface area contributed by atoms with Crippen molar-refractivity contribution in [1.82, 2.24) is 30.0 Å². The Hall–Kier alpha value is -4.20. The number of rotatable bonds is 7. The summed E-state index contributed by atoms with van der Waals surface area (Å²) in [6, 6.07) is 6.06. The summed E-state index contributed by atoms with van der Waals surface area (Å²) in [6.45, 7) is 0. The standard InChI is InChI=1S/C26H25F3N8O2S/c1-36-9-7-20(35-36)39-21-11-18-17(12-31-21)34-24(22-16(27)6-3-8-30-22)37(18)15-5-2-4-14(10-15)33-25(38)26-32-13-19(40-26)23(28)29/h3,6-9,11-15,23-24,34H,2,4-5,10H2,1H3,(H,33,38). The average molecular weight is 571 g/mol. The number of carbonyl (C=O) groups is 1. The molecule has 2 aliphatic rings. The highest BCUT2D eigenvalue weighted by molar-refractivity contribution is 7.13. The van der Waals surface area contributed by atoms with E-state index < -0.39 is 24.3 Å². The Bertz CT molecular complexity index is 1530. The maximum atomic E-state index is 15.0. The first-order valence-electron chi connectivity index (χ1n) is 12.7. The number of carbonyl (C=O) groups excluding carboxylic acids is 1. The molecule has 208 valence electrons. The van der Waals surface area contributed by atoms with Gasteiger partial charge >= 0.3 is 0 Å². The van der Waals surface area contributed by atoms with Crippen LogP contribution >= 0.6 is 11.3 Å². The fraction of sp³-hybridized carbons (Fsp3) is 0.346. The Balaban J connectivity index is 1.27. The van der Waals surface area contributed by atoms with Gasteiger partial charge in [-0.1, -0.05) is 0 Å². The fourth-order valence-electron chi connectivity index (χ4n) is 5.21. The second-order valence-electron chi connectivity index (χ2n) is 9.65. The molecule has 40 heavy (non-hydrogen) atoms. The Morgan fingerprint density at radius 3 is 2.83 bits per heavy atom. The van der Waals surface area contributed by atoms with Crippen LogP contribution in [-0.4, -0.2) is 42.7 Å². The lowest BCUT2D eigenvalue weighted by atomic mass is 9.89. The van der Waals surface area contributed by atoms with E-state index in [1.807, 2.05) is 0 Å². The molecule has 0 saturated heterocycles. The molecular weight excluding hydrogens is 545 g/mol. The molecule has 0 bridgehead atoms. The molecule has 2 N–H and O–H groups in total. The zero-order valence-corrected chi connectivity index (χ0v) is 22.1. The summed E-state index contributed by atoms with van der Waals surface area (Å²) < 4.78 is 48.4. The lowest BCUT2D eigenvalue weighted by Gasteiger charge is -2.39. The minimum absolute atomic E-state index is 0.00132. The number of ether oxygens (including phenoxy) is 1.